The minimum atomic E-state index is -0.586. The highest BCUT2D eigenvalue weighted by Crippen LogP contribution is 2.14. The summed E-state index contributed by atoms with van der Waals surface area (Å²) in [6.45, 7) is 2.29. The van der Waals surface area contributed by atoms with Crippen LogP contribution >= 0.6 is 0 Å². The molecule has 7 heteroatoms. The first-order chi connectivity index (χ1) is 10.6. The second-order valence-corrected chi connectivity index (χ2v) is 4.18. The van der Waals surface area contributed by atoms with Gasteiger partial charge in [-0.05, 0) is 31.2 Å². The minimum Gasteiger partial charge on any atom is -0.508 e. The van der Waals surface area contributed by atoms with Gasteiger partial charge in [-0.3, -0.25) is 9.59 Å². The van der Waals surface area contributed by atoms with Crippen molar-refractivity contribution in [3.63, 3.8) is 0 Å². The van der Waals surface area contributed by atoms with Crippen LogP contribution in [0.3, 0.4) is 0 Å². The predicted molar refractivity (Wildman–Crippen MR) is 79.7 cm³/mol. The van der Waals surface area contributed by atoms with E-state index in [9.17, 15) is 9.59 Å². The number of phenols is 1. The van der Waals surface area contributed by atoms with E-state index in [1.165, 1.54) is 30.5 Å². The van der Waals surface area contributed by atoms with Gasteiger partial charge in [-0.2, -0.15) is 5.26 Å². The Labute approximate surface area is 128 Å². The van der Waals surface area contributed by atoms with Gasteiger partial charge in [-0.15, -0.1) is 0 Å². The molecule has 7 nitrogen and oxygen atoms in total. The molecule has 0 aromatic heterocycles. The van der Waals surface area contributed by atoms with Crippen LogP contribution in [-0.4, -0.2) is 30.1 Å². The van der Waals surface area contributed by atoms with E-state index in [0.29, 0.717) is 12.3 Å². The molecule has 116 valence electrons. The van der Waals surface area contributed by atoms with Crippen molar-refractivity contribution in [3.05, 3.63) is 36.0 Å². The number of hydrogen-bond acceptors (Lipinski definition) is 6. The van der Waals surface area contributed by atoms with Gasteiger partial charge >= 0.3 is 5.97 Å². The van der Waals surface area contributed by atoms with Crippen molar-refractivity contribution >= 4 is 17.6 Å². The first kappa shape index (κ1) is 17.0. The predicted octanol–water partition coefficient (Wildman–Crippen LogP) is 1.28. The molecular weight excluding hydrogens is 286 g/mol. The molecule has 0 atom stereocenters. The summed E-state index contributed by atoms with van der Waals surface area (Å²) in [4.78, 5) is 23.0. The summed E-state index contributed by atoms with van der Waals surface area (Å²) < 4.78 is 4.75. The van der Waals surface area contributed by atoms with Gasteiger partial charge in [0.1, 0.15) is 17.4 Å². The number of phenolic OH excluding ortho intramolecular Hbond substituents is 1. The maximum Gasteiger partial charge on any atom is 0.307 e. The zero-order chi connectivity index (χ0) is 16.4. The van der Waals surface area contributed by atoms with Crippen LogP contribution in [0.15, 0.2) is 36.0 Å². The van der Waals surface area contributed by atoms with Gasteiger partial charge in [0.2, 0.25) is 0 Å². The van der Waals surface area contributed by atoms with Crippen LogP contribution in [0.5, 0.6) is 5.75 Å². The van der Waals surface area contributed by atoms with Crippen molar-refractivity contribution in [2.24, 2.45) is 0 Å². The molecule has 0 spiro atoms. The largest absolute Gasteiger partial charge is 0.508 e. The van der Waals surface area contributed by atoms with Gasteiger partial charge in [0, 0.05) is 18.4 Å². The smallest absolute Gasteiger partial charge is 0.307 e. The molecule has 0 bridgehead atoms. The Kier molecular flexibility index (Phi) is 6.99. The second-order valence-electron chi connectivity index (χ2n) is 4.18. The maximum absolute atomic E-state index is 11.9. The number of aromatic hydroxyl groups is 1. The third-order valence-corrected chi connectivity index (χ3v) is 2.52. The van der Waals surface area contributed by atoms with Crippen LogP contribution in [0.2, 0.25) is 0 Å². The summed E-state index contributed by atoms with van der Waals surface area (Å²) in [5.41, 5.74) is 0.326. The van der Waals surface area contributed by atoms with E-state index in [1.807, 2.05) is 0 Å². The normalized spacial score (nSPS) is 10.5. The highest BCUT2D eigenvalue weighted by Gasteiger charge is 2.09. The van der Waals surface area contributed by atoms with E-state index in [-0.39, 0.29) is 30.3 Å². The molecule has 1 aromatic carbocycles. The zero-order valence-corrected chi connectivity index (χ0v) is 12.1. The number of nitrogens with zero attached hydrogens (tertiary/aromatic N) is 1. The number of amides is 1. The Hall–Kier alpha value is -3.01. The molecule has 0 heterocycles. The first-order valence-corrected chi connectivity index (χ1v) is 6.66. The third kappa shape index (κ3) is 5.96. The topological polar surface area (TPSA) is 111 Å². The van der Waals surface area contributed by atoms with Gasteiger partial charge in [0.25, 0.3) is 5.91 Å². The summed E-state index contributed by atoms with van der Waals surface area (Å²) in [5, 5.41) is 23.3. The number of esters is 1. The molecule has 0 aliphatic rings. The van der Waals surface area contributed by atoms with E-state index in [4.69, 9.17) is 15.1 Å². The van der Waals surface area contributed by atoms with Crippen molar-refractivity contribution in [2.75, 3.05) is 18.5 Å². The molecule has 0 fully saturated rings. The maximum atomic E-state index is 11.9. The highest BCUT2D eigenvalue weighted by atomic mass is 16.5. The summed E-state index contributed by atoms with van der Waals surface area (Å²) >= 11 is 0. The lowest BCUT2D eigenvalue weighted by Crippen LogP contribution is -2.19. The fourth-order valence-corrected chi connectivity index (χ4v) is 1.47. The minimum absolute atomic E-state index is 0.0784. The number of anilines is 1. The molecule has 3 N–H and O–H groups in total. The molecule has 0 saturated heterocycles. The third-order valence-electron chi connectivity index (χ3n) is 2.52. The number of hydrogen-bond donors (Lipinski definition) is 3. The Balaban J connectivity index is 2.50. The average Bonchev–Trinajstić information content (AvgIpc) is 2.50. The van der Waals surface area contributed by atoms with Gasteiger partial charge in [-0.25, -0.2) is 0 Å². The quantitative estimate of drug-likeness (QED) is 0.230. The van der Waals surface area contributed by atoms with E-state index < -0.39 is 5.91 Å². The molecule has 0 aliphatic carbocycles. The van der Waals surface area contributed by atoms with Crippen molar-refractivity contribution in [1.29, 1.82) is 5.26 Å². The molecule has 0 saturated carbocycles. The lowest BCUT2D eigenvalue weighted by atomic mass is 10.2. The number of rotatable bonds is 7. The summed E-state index contributed by atoms with van der Waals surface area (Å²) in [7, 11) is 0. The van der Waals surface area contributed by atoms with Crippen LogP contribution in [0, 0.1) is 11.3 Å². The molecule has 1 amide bonds. The van der Waals surface area contributed by atoms with Crippen molar-refractivity contribution < 1.29 is 19.4 Å². The number of ether oxygens (including phenoxy) is 1. The molecule has 0 unspecified atom stereocenters. The van der Waals surface area contributed by atoms with Gasteiger partial charge in [0.05, 0.1) is 13.0 Å². The zero-order valence-electron chi connectivity index (χ0n) is 12.1. The molecule has 0 radical (unpaired) electrons. The van der Waals surface area contributed by atoms with E-state index in [0.717, 1.165) is 0 Å². The first-order valence-electron chi connectivity index (χ1n) is 6.66. The van der Waals surface area contributed by atoms with E-state index in [1.54, 1.807) is 13.0 Å². The van der Waals surface area contributed by atoms with Crippen LogP contribution < -0.4 is 10.6 Å². The van der Waals surface area contributed by atoms with Crippen LogP contribution in [0.4, 0.5) is 5.69 Å². The van der Waals surface area contributed by atoms with Crippen LogP contribution in [0.1, 0.15) is 13.3 Å². The van der Waals surface area contributed by atoms with Crippen molar-refractivity contribution in [3.8, 4) is 11.8 Å². The van der Waals surface area contributed by atoms with E-state index >= 15 is 0 Å². The Morgan fingerprint density at radius 2 is 2.05 bits per heavy atom. The summed E-state index contributed by atoms with van der Waals surface area (Å²) in [6, 6.07) is 7.63. The Morgan fingerprint density at radius 1 is 1.36 bits per heavy atom. The van der Waals surface area contributed by atoms with Crippen LogP contribution in [0.25, 0.3) is 0 Å². The summed E-state index contributed by atoms with van der Waals surface area (Å²) in [6.07, 6.45) is 1.39. The van der Waals surface area contributed by atoms with Crippen molar-refractivity contribution in [1.82, 2.24) is 5.32 Å². The monoisotopic (exact) mass is 303 g/mol. The Morgan fingerprint density at radius 3 is 2.64 bits per heavy atom. The Bertz CT molecular complexity index is 588. The van der Waals surface area contributed by atoms with E-state index in [2.05, 4.69) is 10.6 Å². The standard InChI is InChI=1S/C15H17N3O4/c1-2-22-14(20)7-8-17-10-11(9-16)15(21)18-12-3-5-13(19)6-4-12/h3-6,10,17,19H,2,7-8H2,1H3,(H,18,21)/b11-10-. The number of carbonyl (C=O) groups is 2. The number of nitrogens with one attached hydrogen (secondary N) is 2. The molecule has 1 aromatic rings. The fraction of sp³-hybridized carbons (Fsp3) is 0.267. The van der Waals surface area contributed by atoms with Gasteiger partial charge in [-0.1, -0.05) is 0 Å². The lowest BCUT2D eigenvalue weighted by Gasteiger charge is -2.05. The number of nitriles is 1. The van der Waals surface area contributed by atoms with Crippen molar-refractivity contribution in [2.45, 2.75) is 13.3 Å². The molecular formula is C15H17N3O4. The second kappa shape index (κ2) is 9.02. The highest BCUT2D eigenvalue weighted by molar-refractivity contribution is 6.06. The number of benzene rings is 1. The van der Waals surface area contributed by atoms with Gasteiger partial charge < -0.3 is 20.5 Å². The SMILES string of the molecule is CCOC(=O)CCN/C=C(/C#N)C(=O)Nc1ccc(O)cc1. The fourth-order valence-electron chi connectivity index (χ4n) is 1.47. The molecule has 0 aliphatic heterocycles. The average molecular weight is 303 g/mol. The molecule has 1 rings (SSSR count). The summed E-state index contributed by atoms with van der Waals surface area (Å²) in [5.74, 6) is -0.859. The van der Waals surface area contributed by atoms with Gasteiger partial charge in [0.15, 0.2) is 0 Å². The molecule has 22 heavy (non-hydrogen) atoms. The lowest BCUT2D eigenvalue weighted by molar-refractivity contribution is -0.142. The van der Waals surface area contributed by atoms with Crippen LogP contribution in [-0.2, 0) is 14.3 Å². The number of carbonyl (C=O) groups excluding carboxylic acids is 2.